The minimum atomic E-state index is -0.984. The zero-order valence-electron chi connectivity index (χ0n) is 23.3. The van der Waals surface area contributed by atoms with Crippen LogP contribution in [0.3, 0.4) is 0 Å². The van der Waals surface area contributed by atoms with Crippen molar-refractivity contribution < 1.29 is 33.8 Å². The molecule has 1 aromatic heterocycles. The van der Waals surface area contributed by atoms with Crippen molar-refractivity contribution in [1.82, 2.24) is 25.1 Å². The van der Waals surface area contributed by atoms with Crippen LogP contribution in [0.25, 0.3) is 11.4 Å². The highest BCUT2D eigenvalue weighted by atomic mass is 16.6. The number of carboxylic acid groups (broad SMARTS) is 1. The van der Waals surface area contributed by atoms with E-state index in [1.807, 2.05) is 30.3 Å². The first-order valence-electron chi connectivity index (χ1n) is 14.2. The fraction of sp³-hybridized carbons (Fsp3) is 0.517. The van der Waals surface area contributed by atoms with Crippen LogP contribution in [0.5, 0.6) is 5.88 Å². The monoisotopic (exact) mass is 567 g/mol. The molecule has 1 saturated heterocycles. The molecule has 1 saturated carbocycles. The second-order valence-electron chi connectivity index (χ2n) is 10.1. The van der Waals surface area contributed by atoms with E-state index in [1.165, 1.54) is 11.0 Å². The van der Waals surface area contributed by atoms with E-state index in [1.54, 1.807) is 11.8 Å². The predicted molar refractivity (Wildman–Crippen MR) is 148 cm³/mol. The van der Waals surface area contributed by atoms with Gasteiger partial charge >= 0.3 is 12.1 Å². The molecule has 2 aliphatic rings. The van der Waals surface area contributed by atoms with E-state index in [2.05, 4.69) is 15.3 Å². The van der Waals surface area contributed by atoms with Crippen molar-refractivity contribution in [1.29, 1.82) is 0 Å². The molecule has 220 valence electrons. The Balaban J connectivity index is 1.52. The van der Waals surface area contributed by atoms with Gasteiger partial charge in [0.05, 0.1) is 6.61 Å². The minimum absolute atomic E-state index is 0.0167. The molecule has 2 N–H and O–H groups in total. The number of carboxylic acids is 1. The van der Waals surface area contributed by atoms with Crippen LogP contribution in [-0.4, -0.2) is 93.7 Å². The number of amides is 3. The van der Waals surface area contributed by atoms with Crippen LogP contribution < -0.4 is 10.1 Å². The molecule has 3 amide bonds. The lowest BCUT2D eigenvalue weighted by Crippen LogP contribution is -2.56. The van der Waals surface area contributed by atoms with Gasteiger partial charge in [-0.25, -0.2) is 9.78 Å². The van der Waals surface area contributed by atoms with Crippen LogP contribution in [0.15, 0.2) is 36.4 Å². The molecule has 1 aliphatic heterocycles. The maximum absolute atomic E-state index is 13.5. The second kappa shape index (κ2) is 14.4. The zero-order valence-corrected chi connectivity index (χ0v) is 23.3. The normalized spacial score (nSPS) is 16.2. The summed E-state index contributed by atoms with van der Waals surface area (Å²) in [5.74, 6) is -1.29. The highest BCUT2D eigenvalue weighted by molar-refractivity contribution is 5.96. The highest BCUT2D eigenvalue weighted by Crippen LogP contribution is 2.25. The van der Waals surface area contributed by atoms with Crippen molar-refractivity contribution in [2.75, 3.05) is 32.8 Å². The first-order chi connectivity index (χ1) is 19.8. The second-order valence-corrected chi connectivity index (χ2v) is 10.1. The van der Waals surface area contributed by atoms with Crippen molar-refractivity contribution in [3.05, 3.63) is 42.1 Å². The summed E-state index contributed by atoms with van der Waals surface area (Å²) in [7, 11) is 0. The fourth-order valence-electron chi connectivity index (χ4n) is 4.99. The maximum atomic E-state index is 13.5. The molecule has 4 rings (SSSR count). The summed E-state index contributed by atoms with van der Waals surface area (Å²) in [6, 6.07) is 9.76. The van der Waals surface area contributed by atoms with Gasteiger partial charge < -0.3 is 29.7 Å². The van der Waals surface area contributed by atoms with Crippen LogP contribution >= 0.6 is 0 Å². The molecule has 0 bridgehead atoms. The van der Waals surface area contributed by atoms with Gasteiger partial charge in [-0.2, -0.15) is 4.98 Å². The van der Waals surface area contributed by atoms with E-state index < -0.39 is 24.0 Å². The lowest BCUT2D eigenvalue weighted by Gasteiger charge is -2.36. The Hall–Kier alpha value is -4.22. The lowest BCUT2D eigenvalue weighted by atomic mass is 10.1. The number of carbonyl (C=O) groups excluding carboxylic acids is 3. The number of ether oxygens (including phenoxy) is 2. The standard InChI is InChI=1S/C29H37N5O7/c1-2-40-29(39)34-17-15-33(16-18-34)28(38)22(13-8-14-25(35)36)31-27(37)23-19-24(41-21-11-6-7-12-21)32-26(30-23)20-9-4-3-5-10-20/h3-5,9-10,19,21-22H,2,6-8,11-18H2,1H3,(H,31,37)(H,35,36). The summed E-state index contributed by atoms with van der Waals surface area (Å²) in [6.07, 6.45) is 3.75. The summed E-state index contributed by atoms with van der Waals surface area (Å²) >= 11 is 0. The van der Waals surface area contributed by atoms with Crippen LogP contribution in [0.4, 0.5) is 4.79 Å². The number of piperazine rings is 1. The van der Waals surface area contributed by atoms with Gasteiger partial charge in [-0.3, -0.25) is 14.4 Å². The molecule has 41 heavy (non-hydrogen) atoms. The first kappa shape index (κ1) is 29.8. The molecule has 0 radical (unpaired) electrons. The number of rotatable bonds is 11. The van der Waals surface area contributed by atoms with Gasteiger partial charge in [0.1, 0.15) is 17.8 Å². The summed E-state index contributed by atoms with van der Waals surface area (Å²) in [5, 5.41) is 11.9. The third kappa shape index (κ3) is 8.38. The van der Waals surface area contributed by atoms with Crippen molar-refractivity contribution in [3.63, 3.8) is 0 Å². The van der Waals surface area contributed by atoms with E-state index >= 15 is 0 Å². The van der Waals surface area contributed by atoms with Crippen molar-refractivity contribution in [2.24, 2.45) is 0 Å². The number of nitrogens with zero attached hydrogens (tertiary/aromatic N) is 4. The van der Waals surface area contributed by atoms with E-state index in [0.717, 1.165) is 25.7 Å². The van der Waals surface area contributed by atoms with E-state index in [0.29, 0.717) is 30.4 Å². The van der Waals surface area contributed by atoms with Gasteiger partial charge in [0, 0.05) is 44.2 Å². The SMILES string of the molecule is CCOC(=O)N1CCN(C(=O)C(CCCC(=O)O)NC(=O)c2cc(OC3CCCC3)nc(-c3ccccc3)n2)CC1. The molecule has 1 atom stereocenters. The Morgan fingerprint density at radius 2 is 1.71 bits per heavy atom. The maximum Gasteiger partial charge on any atom is 0.409 e. The number of hydrogen-bond acceptors (Lipinski definition) is 8. The number of nitrogens with one attached hydrogen (secondary N) is 1. The number of aromatic nitrogens is 2. The molecule has 2 heterocycles. The quantitative estimate of drug-likeness (QED) is 0.417. The first-order valence-corrected chi connectivity index (χ1v) is 14.2. The molecule has 2 aromatic rings. The third-order valence-electron chi connectivity index (χ3n) is 7.16. The Kier molecular flexibility index (Phi) is 10.5. The summed E-state index contributed by atoms with van der Waals surface area (Å²) in [6.45, 7) is 3.13. The van der Waals surface area contributed by atoms with E-state index in [9.17, 15) is 19.2 Å². The third-order valence-corrected chi connectivity index (χ3v) is 7.16. The van der Waals surface area contributed by atoms with E-state index in [4.69, 9.17) is 14.6 Å². The Morgan fingerprint density at radius 3 is 2.37 bits per heavy atom. The molecule has 1 aliphatic carbocycles. The number of aliphatic carboxylic acids is 1. The number of hydrogen-bond donors (Lipinski definition) is 2. The topological polar surface area (TPSA) is 151 Å². The van der Waals surface area contributed by atoms with Gasteiger partial charge in [-0.1, -0.05) is 30.3 Å². The molecule has 2 fully saturated rings. The van der Waals surface area contributed by atoms with Gasteiger partial charge in [-0.15, -0.1) is 0 Å². The Bertz CT molecular complexity index is 1210. The van der Waals surface area contributed by atoms with Gasteiger partial charge in [-0.05, 0) is 45.4 Å². The summed E-state index contributed by atoms with van der Waals surface area (Å²) in [4.78, 5) is 62.3. The molecule has 1 aromatic carbocycles. The molecule has 1 unspecified atom stereocenters. The molecule has 12 nitrogen and oxygen atoms in total. The van der Waals surface area contributed by atoms with Crippen molar-refractivity contribution >= 4 is 23.9 Å². The smallest absolute Gasteiger partial charge is 0.409 e. The fourth-order valence-corrected chi connectivity index (χ4v) is 4.99. The van der Waals surface area contributed by atoms with Gasteiger partial charge in [0.2, 0.25) is 11.8 Å². The summed E-state index contributed by atoms with van der Waals surface area (Å²) in [5.41, 5.74) is 0.766. The van der Waals surface area contributed by atoms with Crippen LogP contribution in [0, 0.1) is 0 Å². The molecular weight excluding hydrogens is 530 g/mol. The zero-order chi connectivity index (χ0) is 29.2. The summed E-state index contributed by atoms with van der Waals surface area (Å²) < 4.78 is 11.1. The lowest BCUT2D eigenvalue weighted by molar-refractivity contribution is -0.138. The number of benzene rings is 1. The highest BCUT2D eigenvalue weighted by Gasteiger charge is 2.31. The number of carbonyl (C=O) groups is 4. The van der Waals surface area contributed by atoms with Gasteiger partial charge in [0.25, 0.3) is 5.91 Å². The minimum Gasteiger partial charge on any atom is -0.481 e. The van der Waals surface area contributed by atoms with Crippen LogP contribution in [-0.2, 0) is 14.3 Å². The van der Waals surface area contributed by atoms with Gasteiger partial charge in [0.15, 0.2) is 5.82 Å². The molecule has 0 spiro atoms. The van der Waals surface area contributed by atoms with Crippen LogP contribution in [0.1, 0.15) is 62.4 Å². The van der Waals surface area contributed by atoms with Crippen molar-refractivity contribution in [3.8, 4) is 17.3 Å². The molecular formula is C29H37N5O7. The average molecular weight is 568 g/mol. The van der Waals surface area contributed by atoms with Crippen molar-refractivity contribution in [2.45, 2.75) is 64.0 Å². The Morgan fingerprint density at radius 1 is 1.02 bits per heavy atom. The van der Waals surface area contributed by atoms with E-state index in [-0.39, 0.29) is 56.7 Å². The Labute approximate surface area is 239 Å². The van der Waals surface area contributed by atoms with Crippen LogP contribution in [0.2, 0.25) is 0 Å². The predicted octanol–water partition coefficient (Wildman–Crippen LogP) is 3.12. The molecule has 12 heteroatoms. The largest absolute Gasteiger partial charge is 0.481 e. The average Bonchev–Trinajstić information content (AvgIpc) is 3.49.